The fourth-order valence-corrected chi connectivity index (χ4v) is 1.54. The molecule has 1 aliphatic heterocycles. The Bertz CT molecular complexity index is 256. The van der Waals surface area contributed by atoms with Crippen LogP contribution in [0.15, 0.2) is 0 Å². The van der Waals surface area contributed by atoms with Gasteiger partial charge in [0, 0.05) is 11.8 Å². The molecule has 0 saturated carbocycles. The van der Waals surface area contributed by atoms with Gasteiger partial charge in [-0.1, -0.05) is 6.92 Å². The van der Waals surface area contributed by atoms with Gasteiger partial charge in [0.1, 0.15) is 0 Å². The molecule has 1 rings (SSSR count). The molecule has 1 heterocycles. The average Bonchev–Trinajstić information content (AvgIpc) is 2.32. The van der Waals surface area contributed by atoms with Crippen molar-refractivity contribution >= 4 is 5.97 Å². The lowest BCUT2D eigenvalue weighted by Gasteiger charge is -2.42. The van der Waals surface area contributed by atoms with E-state index in [4.69, 9.17) is 14.2 Å². The molecule has 1 fully saturated rings. The van der Waals surface area contributed by atoms with E-state index in [0.29, 0.717) is 26.2 Å². The Balaban J connectivity index is 2.37. The monoisotopic (exact) mass is 246 g/mol. The summed E-state index contributed by atoms with van der Waals surface area (Å²) in [5, 5.41) is 9.17. The Morgan fingerprint density at radius 3 is 2.41 bits per heavy atom. The summed E-state index contributed by atoms with van der Waals surface area (Å²) in [4.78, 5) is 11.2. The van der Waals surface area contributed by atoms with Crippen LogP contribution in [-0.2, 0) is 19.0 Å². The summed E-state index contributed by atoms with van der Waals surface area (Å²) >= 11 is 0. The zero-order valence-corrected chi connectivity index (χ0v) is 10.8. The van der Waals surface area contributed by atoms with Gasteiger partial charge in [-0.2, -0.15) is 0 Å². The van der Waals surface area contributed by atoms with Gasteiger partial charge in [-0.25, -0.2) is 0 Å². The molecular weight excluding hydrogens is 224 g/mol. The molecule has 0 aliphatic carbocycles. The summed E-state index contributed by atoms with van der Waals surface area (Å²) in [6.07, 6.45) is 0.744. The zero-order chi connectivity index (χ0) is 12.9. The minimum Gasteiger partial charge on any atom is -0.466 e. The standard InChI is InChI=1S/C12H22O5/c1-4-15-10(14)5-6-12(3)16-8-11(2,7-13)9-17-12/h13H,4-9H2,1-3H3. The molecule has 17 heavy (non-hydrogen) atoms. The SMILES string of the molecule is CCOC(=O)CCC1(C)OCC(C)(CO)CO1. The highest BCUT2D eigenvalue weighted by Gasteiger charge is 2.39. The van der Waals surface area contributed by atoms with E-state index in [0.717, 1.165) is 0 Å². The molecule has 1 N–H and O–H groups in total. The summed E-state index contributed by atoms with van der Waals surface area (Å²) in [7, 11) is 0. The molecule has 0 bridgehead atoms. The van der Waals surface area contributed by atoms with Gasteiger partial charge in [0.2, 0.25) is 0 Å². The van der Waals surface area contributed by atoms with Crippen molar-refractivity contribution in [1.29, 1.82) is 0 Å². The highest BCUT2D eigenvalue weighted by Crippen LogP contribution is 2.32. The van der Waals surface area contributed by atoms with Crippen LogP contribution in [0, 0.1) is 5.41 Å². The smallest absolute Gasteiger partial charge is 0.305 e. The van der Waals surface area contributed by atoms with Crippen molar-refractivity contribution in [2.24, 2.45) is 5.41 Å². The zero-order valence-electron chi connectivity index (χ0n) is 10.8. The first-order valence-electron chi connectivity index (χ1n) is 5.97. The molecule has 0 atom stereocenters. The number of carbonyl (C=O) groups is 1. The van der Waals surface area contributed by atoms with Crippen molar-refractivity contribution in [3.8, 4) is 0 Å². The Hall–Kier alpha value is -0.650. The fourth-order valence-electron chi connectivity index (χ4n) is 1.54. The molecule has 0 amide bonds. The maximum Gasteiger partial charge on any atom is 0.305 e. The summed E-state index contributed by atoms with van der Waals surface area (Å²) in [6.45, 7) is 6.77. The van der Waals surface area contributed by atoms with Gasteiger partial charge in [0.25, 0.3) is 0 Å². The predicted molar refractivity (Wildman–Crippen MR) is 61.4 cm³/mol. The summed E-state index contributed by atoms with van der Waals surface area (Å²) in [6, 6.07) is 0. The lowest BCUT2D eigenvalue weighted by molar-refractivity contribution is -0.298. The molecule has 0 spiro atoms. The van der Waals surface area contributed by atoms with Crippen LogP contribution in [0.2, 0.25) is 0 Å². The number of hydrogen-bond donors (Lipinski definition) is 1. The Kier molecular flexibility index (Phi) is 4.91. The summed E-state index contributed by atoms with van der Waals surface area (Å²) < 4.78 is 16.1. The van der Waals surface area contributed by atoms with Crippen LogP contribution in [0.3, 0.4) is 0 Å². The quantitative estimate of drug-likeness (QED) is 0.736. The van der Waals surface area contributed by atoms with E-state index in [-0.39, 0.29) is 24.4 Å². The molecule has 0 aromatic carbocycles. The minimum atomic E-state index is -0.749. The first-order valence-corrected chi connectivity index (χ1v) is 5.97. The van der Waals surface area contributed by atoms with E-state index in [1.165, 1.54) is 0 Å². The lowest BCUT2D eigenvalue weighted by atomic mass is 9.92. The number of rotatable bonds is 5. The molecular formula is C12H22O5. The van der Waals surface area contributed by atoms with Gasteiger partial charge in [-0.05, 0) is 13.8 Å². The van der Waals surface area contributed by atoms with Crippen LogP contribution in [-0.4, -0.2) is 43.3 Å². The number of aliphatic hydroxyl groups is 1. The molecule has 100 valence electrons. The second-order valence-corrected chi connectivity index (χ2v) is 4.98. The van der Waals surface area contributed by atoms with Gasteiger partial charge in [-0.3, -0.25) is 4.79 Å². The van der Waals surface area contributed by atoms with Crippen LogP contribution >= 0.6 is 0 Å². The number of hydrogen-bond acceptors (Lipinski definition) is 5. The molecule has 5 nitrogen and oxygen atoms in total. The van der Waals surface area contributed by atoms with Gasteiger partial charge in [-0.15, -0.1) is 0 Å². The van der Waals surface area contributed by atoms with Gasteiger partial charge >= 0.3 is 5.97 Å². The second kappa shape index (κ2) is 5.80. The van der Waals surface area contributed by atoms with E-state index < -0.39 is 5.79 Å². The first-order chi connectivity index (χ1) is 7.93. The molecule has 0 unspecified atom stereocenters. The van der Waals surface area contributed by atoms with Crippen molar-refractivity contribution in [3.05, 3.63) is 0 Å². The highest BCUT2D eigenvalue weighted by molar-refractivity contribution is 5.69. The number of carbonyl (C=O) groups excluding carboxylic acids is 1. The third-order valence-electron chi connectivity index (χ3n) is 2.92. The van der Waals surface area contributed by atoms with Crippen LogP contribution in [0.4, 0.5) is 0 Å². The van der Waals surface area contributed by atoms with E-state index in [1.807, 2.05) is 13.8 Å². The molecule has 0 aromatic heterocycles. The van der Waals surface area contributed by atoms with E-state index >= 15 is 0 Å². The molecule has 0 aromatic rings. The third-order valence-corrected chi connectivity index (χ3v) is 2.92. The largest absolute Gasteiger partial charge is 0.466 e. The minimum absolute atomic E-state index is 0.0287. The second-order valence-electron chi connectivity index (χ2n) is 4.98. The van der Waals surface area contributed by atoms with E-state index in [2.05, 4.69) is 0 Å². The first kappa shape index (κ1) is 14.4. The molecule has 1 saturated heterocycles. The van der Waals surface area contributed by atoms with Gasteiger partial charge in [0.05, 0.1) is 32.8 Å². The predicted octanol–water partition coefficient (Wildman–Crippen LogP) is 1.09. The number of ether oxygens (including phenoxy) is 3. The van der Waals surface area contributed by atoms with Crippen molar-refractivity contribution in [3.63, 3.8) is 0 Å². The van der Waals surface area contributed by atoms with Crippen molar-refractivity contribution in [1.82, 2.24) is 0 Å². The number of aliphatic hydroxyl groups excluding tert-OH is 1. The third kappa shape index (κ3) is 4.26. The summed E-state index contributed by atoms with van der Waals surface area (Å²) in [5.41, 5.74) is -0.344. The van der Waals surface area contributed by atoms with E-state index in [1.54, 1.807) is 6.92 Å². The van der Waals surface area contributed by atoms with Crippen LogP contribution in [0.5, 0.6) is 0 Å². The lowest BCUT2D eigenvalue weighted by Crippen LogP contribution is -2.48. The fraction of sp³-hybridized carbons (Fsp3) is 0.917. The van der Waals surface area contributed by atoms with Crippen LogP contribution in [0.1, 0.15) is 33.6 Å². The van der Waals surface area contributed by atoms with Crippen molar-refractivity contribution in [2.75, 3.05) is 26.4 Å². The van der Waals surface area contributed by atoms with Gasteiger partial charge in [0.15, 0.2) is 5.79 Å². The van der Waals surface area contributed by atoms with Crippen LogP contribution < -0.4 is 0 Å². The Labute approximate surface area is 102 Å². The molecule has 1 aliphatic rings. The van der Waals surface area contributed by atoms with Crippen LogP contribution in [0.25, 0.3) is 0 Å². The van der Waals surface area contributed by atoms with E-state index in [9.17, 15) is 9.90 Å². The van der Waals surface area contributed by atoms with Crippen molar-refractivity contribution < 1.29 is 24.1 Å². The molecule has 5 heteroatoms. The maximum absolute atomic E-state index is 11.2. The Morgan fingerprint density at radius 2 is 1.94 bits per heavy atom. The summed E-state index contributed by atoms with van der Waals surface area (Å²) in [5.74, 6) is -0.988. The normalized spacial score (nSPS) is 33.4. The molecule has 0 radical (unpaired) electrons. The highest BCUT2D eigenvalue weighted by atomic mass is 16.7. The number of esters is 1. The van der Waals surface area contributed by atoms with Crippen molar-refractivity contribution in [2.45, 2.75) is 39.4 Å². The maximum atomic E-state index is 11.2. The topological polar surface area (TPSA) is 65.0 Å². The average molecular weight is 246 g/mol. The Morgan fingerprint density at radius 1 is 1.35 bits per heavy atom. The van der Waals surface area contributed by atoms with Gasteiger partial charge < -0.3 is 19.3 Å².